The number of aliphatic carboxylic acids is 1. The zero-order valence-corrected chi connectivity index (χ0v) is 12.8. The van der Waals surface area contributed by atoms with Gasteiger partial charge in [0.2, 0.25) is 5.91 Å². The maximum absolute atomic E-state index is 13.7. The molecule has 2 rings (SSSR count). The first-order valence-electron chi connectivity index (χ1n) is 7.69. The van der Waals surface area contributed by atoms with Gasteiger partial charge in [0.25, 0.3) is 0 Å². The number of hydrogen-bond donors (Lipinski definition) is 2. The SMILES string of the molecule is CC(CC(=O)NC1(CC(=O)O)CCCC1)c1ccccc1F. The number of carboxylic acids is 1. The number of rotatable bonds is 6. The first-order chi connectivity index (χ1) is 10.4. The smallest absolute Gasteiger partial charge is 0.305 e. The maximum atomic E-state index is 13.7. The number of carboxylic acid groups (broad SMARTS) is 1. The molecule has 0 saturated heterocycles. The third kappa shape index (κ3) is 4.06. The standard InChI is InChI=1S/C17H22FNO3/c1-12(13-6-2-3-7-14(13)18)10-15(20)19-17(11-16(21)22)8-4-5-9-17/h2-3,6-7,12H,4-5,8-11H2,1H3,(H,19,20)(H,21,22). The molecule has 22 heavy (non-hydrogen) atoms. The van der Waals surface area contributed by atoms with Gasteiger partial charge in [0.05, 0.1) is 12.0 Å². The summed E-state index contributed by atoms with van der Waals surface area (Å²) in [7, 11) is 0. The van der Waals surface area contributed by atoms with E-state index in [9.17, 15) is 14.0 Å². The largest absolute Gasteiger partial charge is 0.481 e. The van der Waals surface area contributed by atoms with Crippen LogP contribution in [0.25, 0.3) is 0 Å². The predicted molar refractivity (Wildman–Crippen MR) is 81.0 cm³/mol. The highest BCUT2D eigenvalue weighted by Crippen LogP contribution is 2.33. The molecule has 0 aliphatic heterocycles. The molecule has 1 fully saturated rings. The molecule has 1 aromatic rings. The Labute approximate surface area is 129 Å². The van der Waals surface area contributed by atoms with Gasteiger partial charge >= 0.3 is 5.97 Å². The lowest BCUT2D eigenvalue weighted by atomic mass is 9.91. The third-order valence-corrected chi connectivity index (χ3v) is 4.38. The van der Waals surface area contributed by atoms with Crippen LogP contribution in [0.3, 0.4) is 0 Å². The molecule has 2 N–H and O–H groups in total. The van der Waals surface area contributed by atoms with Crippen molar-refractivity contribution in [3.8, 4) is 0 Å². The Bertz CT molecular complexity index is 553. The molecular formula is C17H22FNO3. The predicted octanol–water partition coefficient (Wildman–Crippen LogP) is 3.22. The van der Waals surface area contributed by atoms with Gasteiger partial charge < -0.3 is 10.4 Å². The molecule has 0 radical (unpaired) electrons. The van der Waals surface area contributed by atoms with E-state index in [1.165, 1.54) is 6.07 Å². The molecule has 5 heteroatoms. The second-order valence-corrected chi connectivity index (χ2v) is 6.23. The van der Waals surface area contributed by atoms with Crippen molar-refractivity contribution in [3.63, 3.8) is 0 Å². The van der Waals surface area contributed by atoms with Gasteiger partial charge in [-0.1, -0.05) is 38.0 Å². The molecule has 1 aliphatic carbocycles. The first kappa shape index (κ1) is 16.5. The molecule has 1 aromatic carbocycles. The highest BCUT2D eigenvalue weighted by Gasteiger charge is 2.37. The van der Waals surface area contributed by atoms with E-state index in [4.69, 9.17) is 5.11 Å². The summed E-state index contributed by atoms with van der Waals surface area (Å²) in [5.74, 6) is -1.67. The first-order valence-corrected chi connectivity index (χ1v) is 7.69. The highest BCUT2D eigenvalue weighted by atomic mass is 19.1. The van der Waals surface area contributed by atoms with Crippen molar-refractivity contribution in [2.45, 2.75) is 56.9 Å². The lowest BCUT2D eigenvalue weighted by Gasteiger charge is -2.29. The van der Waals surface area contributed by atoms with E-state index in [-0.39, 0.29) is 30.5 Å². The van der Waals surface area contributed by atoms with E-state index < -0.39 is 11.5 Å². The Hall–Kier alpha value is -1.91. The minimum Gasteiger partial charge on any atom is -0.481 e. The average Bonchev–Trinajstić information content (AvgIpc) is 2.85. The van der Waals surface area contributed by atoms with Crippen LogP contribution >= 0.6 is 0 Å². The van der Waals surface area contributed by atoms with Crippen LogP contribution in [0.15, 0.2) is 24.3 Å². The van der Waals surface area contributed by atoms with Gasteiger partial charge in [-0.05, 0) is 30.4 Å². The third-order valence-electron chi connectivity index (χ3n) is 4.38. The van der Waals surface area contributed by atoms with Crippen molar-refractivity contribution < 1.29 is 19.1 Å². The van der Waals surface area contributed by atoms with Crippen LogP contribution < -0.4 is 5.32 Å². The fraction of sp³-hybridized carbons (Fsp3) is 0.529. The zero-order chi connectivity index (χ0) is 16.2. The molecule has 1 unspecified atom stereocenters. The van der Waals surface area contributed by atoms with Crippen LogP contribution in [0.4, 0.5) is 4.39 Å². The van der Waals surface area contributed by atoms with Crippen molar-refractivity contribution in [2.75, 3.05) is 0 Å². The number of amides is 1. The van der Waals surface area contributed by atoms with Crippen molar-refractivity contribution >= 4 is 11.9 Å². The number of hydrogen-bond acceptors (Lipinski definition) is 2. The van der Waals surface area contributed by atoms with Gasteiger partial charge in [0.1, 0.15) is 5.82 Å². The number of benzene rings is 1. The van der Waals surface area contributed by atoms with E-state index in [1.54, 1.807) is 25.1 Å². The van der Waals surface area contributed by atoms with Crippen LogP contribution in [-0.4, -0.2) is 22.5 Å². The number of halogens is 1. The van der Waals surface area contributed by atoms with E-state index in [0.717, 1.165) is 12.8 Å². The van der Waals surface area contributed by atoms with Crippen LogP contribution in [0.5, 0.6) is 0 Å². The lowest BCUT2D eigenvalue weighted by molar-refractivity contribution is -0.139. The summed E-state index contributed by atoms with van der Waals surface area (Å²) in [5, 5.41) is 11.9. The van der Waals surface area contributed by atoms with Crippen LogP contribution in [0.2, 0.25) is 0 Å². The summed E-state index contributed by atoms with van der Waals surface area (Å²) in [6.45, 7) is 1.80. The quantitative estimate of drug-likeness (QED) is 0.848. The molecule has 120 valence electrons. The van der Waals surface area contributed by atoms with Gasteiger partial charge in [0.15, 0.2) is 0 Å². The Kier molecular flexibility index (Phi) is 5.16. The minimum atomic E-state index is -0.899. The van der Waals surface area contributed by atoms with Gasteiger partial charge in [-0.2, -0.15) is 0 Å². The van der Waals surface area contributed by atoms with Crippen molar-refractivity contribution in [3.05, 3.63) is 35.6 Å². The molecule has 0 aromatic heterocycles. The highest BCUT2D eigenvalue weighted by molar-refractivity contribution is 5.79. The second kappa shape index (κ2) is 6.90. The van der Waals surface area contributed by atoms with Gasteiger partial charge in [0, 0.05) is 6.42 Å². The summed E-state index contributed by atoms with van der Waals surface area (Å²) in [4.78, 5) is 23.3. The van der Waals surface area contributed by atoms with Crippen LogP contribution in [-0.2, 0) is 9.59 Å². The molecule has 1 aliphatic rings. The zero-order valence-electron chi connectivity index (χ0n) is 12.8. The maximum Gasteiger partial charge on any atom is 0.305 e. The Balaban J connectivity index is 1.99. The Morgan fingerprint density at radius 3 is 2.55 bits per heavy atom. The normalized spacial score (nSPS) is 17.9. The van der Waals surface area contributed by atoms with Crippen molar-refractivity contribution in [1.29, 1.82) is 0 Å². The molecular weight excluding hydrogens is 285 g/mol. The van der Waals surface area contributed by atoms with Gasteiger partial charge in [-0.25, -0.2) is 4.39 Å². The summed E-state index contributed by atoms with van der Waals surface area (Å²) in [6.07, 6.45) is 3.35. The molecule has 1 atom stereocenters. The topological polar surface area (TPSA) is 66.4 Å². The van der Waals surface area contributed by atoms with E-state index >= 15 is 0 Å². The Morgan fingerprint density at radius 2 is 1.95 bits per heavy atom. The molecule has 1 amide bonds. The van der Waals surface area contributed by atoms with Gasteiger partial charge in [-0.3, -0.25) is 9.59 Å². The van der Waals surface area contributed by atoms with Crippen molar-refractivity contribution in [2.24, 2.45) is 0 Å². The molecule has 4 nitrogen and oxygen atoms in total. The van der Waals surface area contributed by atoms with Crippen LogP contribution in [0.1, 0.15) is 56.9 Å². The summed E-state index contributed by atoms with van der Waals surface area (Å²) < 4.78 is 13.7. The number of nitrogens with one attached hydrogen (secondary N) is 1. The van der Waals surface area contributed by atoms with E-state index in [2.05, 4.69) is 5.32 Å². The lowest BCUT2D eigenvalue weighted by Crippen LogP contribution is -2.48. The monoisotopic (exact) mass is 307 g/mol. The number of carbonyl (C=O) groups excluding carboxylic acids is 1. The van der Waals surface area contributed by atoms with Crippen molar-refractivity contribution in [1.82, 2.24) is 5.32 Å². The Morgan fingerprint density at radius 1 is 1.32 bits per heavy atom. The van der Waals surface area contributed by atoms with E-state index in [0.29, 0.717) is 18.4 Å². The minimum absolute atomic E-state index is 0.0488. The van der Waals surface area contributed by atoms with Gasteiger partial charge in [-0.15, -0.1) is 0 Å². The fourth-order valence-corrected chi connectivity index (χ4v) is 3.30. The average molecular weight is 307 g/mol. The van der Waals surface area contributed by atoms with Crippen LogP contribution in [0, 0.1) is 5.82 Å². The molecule has 0 spiro atoms. The second-order valence-electron chi connectivity index (χ2n) is 6.23. The summed E-state index contributed by atoms with van der Waals surface area (Å²) in [6, 6.07) is 6.42. The van der Waals surface area contributed by atoms with E-state index in [1.807, 2.05) is 0 Å². The summed E-state index contributed by atoms with van der Waals surface area (Å²) >= 11 is 0. The summed E-state index contributed by atoms with van der Waals surface area (Å²) in [5.41, 5.74) is -0.117. The number of carbonyl (C=O) groups is 2. The molecule has 0 bridgehead atoms. The molecule has 1 saturated carbocycles. The fourth-order valence-electron chi connectivity index (χ4n) is 3.30. The molecule has 0 heterocycles.